The van der Waals surface area contributed by atoms with Gasteiger partial charge < -0.3 is 19.7 Å². The number of aromatic nitrogens is 2. The molecule has 1 spiro atoms. The Kier molecular flexibility index (Phi) is 5.29. The average Bonchev–Trinajstić information content (AvgIpc) is 3.16. The highest BCUT2D eigenvalue weighted by Gasteiger charge is 2.40. The number of piperidine rings is 1. The molecule has 0 saturated carbocycles. The van der Waals surface area contributed by atoms with E-state index < -0.39 is 5.79 Å². The van der Waals surface area contributed by atoms with E-state index in [0.717, 1.165) is 18.5 Å². The van der Waals surface area contributed by atoms with Crippen LogP contribution in [0.3, 0.4) is 0 Å². The number of nitrogens with zero attached hydrogens (tertiary/aromatic N) is 3. The van der Waals surface area contributed by atoms with Crippen molar-refractivity contribution >= 4 is 23.3 Å². The molecule has 3 heterocycles. The van der Waals surface area contributed by atoms with Crippen molar-refractivity contribution in [3.05, 3.63) is 47.3 Å². The van der Waals surface area contributed by atoms with Gasteiger partial charge in [-0.05, 0) is 44.2 Å². The molecule has 1 aromatic heterocycles. The van der Waals surface area contributed by atoms with Crippen molar-refractivity contribution < 1.29 is 19.1 Å². The van der Waals surface area contributed by atoms with E-state index in [0.29, 0.717) is 49.2 Å². The standard InChI is InChI=1S/C21H24N4O4/c1-14-13-18(19(27)23-17-5-3-16(4-6-17)15(2)26)24-20(22-14)25-9-7-21(8-10-25)28-11-12-29-21/h3-6,13H,7-12H2,1-2H3,(H,23,27). The maximum absolute atomic E-state index is 12.7. The van der Waals surface area contributed by atoms with Crippen LogP contribution in [0, 0.1) is 6.92 Å². The van der Waals surface area contributed by atoms with Gasteiger partial charge >= 0.3 is 0 Å². The predicted octanol–water partition coefficient (Wildman–Crippen LogP) is 2.58. The second kappa shape index (κ2) is 7.88. The van der Waals surface area contributed by atoms with Gasteiger partial charge in [0.1, 0.15) is 5.69 Å². The summed E-state index contributed by atoms with van der Waals surface area (Å²) in [6, 6.07) is 8.44. The highest BCUT2D eigenvalue weighted by molar-refractivity contribution is 6.03. The van der Waals surface area contributed by atoms with Crippen LogP contribution in [0.1, 0.15) is 46.3 Å². The Hall–Kier alpha value is -2.84. The minimum Gasteiger partial charge on any atom is -0.347 e. The first-order valence-electron chi connectivity index (χ1n) is 9.75. The van der Waals surface area contributed by atoms with Crippen molar-refractivity contribution in [2.75, 3.05) is 36.5 Å². The van der Waals surface area contributed by atoms with E-state index in [1.165, 1.54) is 6.92 Å². The number of aryl methyl sites for hydroxylation is 1. The number of ketones is 1. The molecule has 2 fully saturated rings. The number of hydrogen-bond acceptors (Lipinski definition) is 7. The van der Waals surface area contributed by atoms with Crippen molar-refractivity contribution in [1.82, 2.24) is 9.97 Å². The summed E-state index contributed by atoms with van der Waals surface area (Å²) in [5.41, 5.74) is 2.23. The smallest absolute Gasteiger partial charge is 0.274 e. The molecule has 2 aliphatic rings. The molecular formula is C21H24N4O4. The van der Waals surface area contributed by atoms with Gasteiger partial charge in [0.25, 0.3) is 5.91 Å². The van der Waals surface area contributed by atoms with Crippen LogP contribution < -0.4 is 10.2 Å². The fourth-order valence-electron chi connectivity index (χ4n) is 3.63. The zero-order chi connectivity index (χ0) is 20.4. The first-order valence-corrected chi connectivity index (χ1v) is 9.75. The van der Waals surface area contributed by atoms with Gasteiger partial charge in [0.2, 0.25) is 5.95 Å². The predicted molar refractivity (Wildman–Crippen MR) is 107 cm³/mol. The number of nitrogens with one attached hydrogen (secondary N) is 1. The topological polar surface area (TPSA) is 93.7 Å². The van der Waals surface area contributed by atoms with Crippen molar-refractivity contribution in [3.63, 3.8) is 0 Å². The number of hydrogen-bond donors (Lipinski definition) is 1. The van der Waals surface area contributed by atoms with E-state index in [9.17, 15) is 9.59 Å². The zero-order valence-corrected chi connectivity index (χ0v) is 16.6. The third-order valence-corrected chi connectivity index (χ3v) is 5.25. The Bertz CT molecular complexity index is 913. The van der Waals surface area contributed by atoms with Crippen molar-refractivity contribution in [2.45, 2.75) is 32.5 Å². The van der Waals surface area contributed by atoms with Gasteiger partial charge in [0.05, 0.1) is 13.2 Å². The second-order valence-corrected chi connectivity index (χ2v) is 7.38. The van der Waals surface area contributed by atoms with Gasteiger partial charge in [-0.15, -0.1) is 0 Å². The molecule has 4 rings (SSSR count). The summed E-state index contributed by atoms with van der Waals surface area (Å²) >= 11 is 0. The third kappa shape index (κ3) is 4.28. The molecule has 29 heavy (non-hydrogen) atoms. The summed E-state index contributed by atoms with van der Waals surface area (Å²) < 4.78 is 11.5. The highest BCUT2D eigenvalue weighted by Crippen LogP contribution is 2.32. The summed E-state index contributed by atoms with van der Waals surface area (Å²) in [7, 11) is 0. The van der Waals surface area contributed by atoms with Crippen LogP contribution in [-0.4, -0.2) is 53.7 Å². The third-order valence-electron chi connectivity index (χ3n) is 5.25. The molecule has 8 heteroatoms. The number of Topliss-reactive ketones (excluding diaryl/α,β-unsaturated/α-hetero) is 1. The largest absolute Gasteiger partial charge is 0.347 e. The maximum Gasteiger partial charge on any atom is 0.274 e. The number of benzene rings is 1. The lowest BCUT2D eigenvalue weighted by Gasteiger charge is -2.37. The number of ether oxygens (including phenoxy) is 2. The van der Waals surface area contributed by atoms with E-state index >= 15 is 0 Å². The Morgan fingerprint density at radius 2 is 1.72 bits per heavy atom. The summed E-state index contributed by atoms with van der Waals surface area (Å²) in [4.78, 5) is 35.1. The molecule has 0 radical (unpaired) electrons. The van der Waals surface area contributed by atoms with Crippen molar-refractivity contribution in [2.24, 2.45) is 0 Å². The number of carbonyl (C=O) groups excluding carboxylic acids is 2. The average molecular weight is 396 g/mol. The molecule has 0 unspecified atom stereocenters. The Morgan fingerprint density at radius 3 is 2.34 bits per heavy atom. The van der Waals surface area contributed by atoms with Gasteiger partial charge in [-0.2, -0.15) is 0 Å². The Labute approximate surface area is 169 Å². The van der Waals surface area contributed by atoms with Crippen LogP contribution in [0.15, 0.2) is 30.3 Å². The number of anilines is 2. The summed E-state index contributed by atoms with van der Waals surface area (Å²) in [5.74, 6) is -0.263. The summed E-state index contributed by atoms with van der Waals surface area (Å²) in [5, 5.41) is 2.82. The van der Waals surface area contributed by atoms with Gasteiger partial charge in [-0.25, -0.2) is 9.97 Å². The molecule has 2 aromatic rings. The lowest BCUT2D eigenvalue weighted by Crippen LogP contribution is -2.45. The molecule has 152 valence electrons. The number of amides is 1. The molecule has 2 aliphatic heterocycles. The van der Waals surface area contributed by atoms with Gasteiger partial charge in [-0.3, -0.25) is 9.59 Å². The minimum atomic E-state index is -0.466. The van der Waals surface area contributed by atoms with Crippen LogP contribution in [-0.2, 0) is 9.47 Å². The van der Waals surface area contributed by atoms with Crippen LogP contribution in [0.2, 0.25) is 0 Å². The molecule has 1 aromatic carbocycles. The SMILES string of the molecule is CC(=O)c1ccc(NC(=O)c2cc(C)nc(N3CCC4(CC3)OCCO4)n2)cc1. The van der Waals surface area contributed by atoms with Gasteiger partial charge in [-0.1, -0.05) is 0 Å². The van der Waals surface area contributed by atoms with Crippen LogP contribution in [0.4, 0.5) is 11.6 Å². The first-order chi connectivity index (χ1) is 13.9. The molecule has 8 nitrogen and oxygen atoms in total. The minimum absolute atomic E-state index is 0.0179. The van der Waals surface area contributed by atoms with Gasteiger partial charge in [0.15, 0.2) is 11.6 Å². The van der Waals surface area contributed by atoms with Crippen LogP contribution in [0.25, 0.3) is 0 Å². The molecule has 2 saturated heterocycles. The number of carbonyl (C=O) groups is 2. The van der Waals surface area contributed by atoms with E-state index in [2.05, 4.69) is 20.2 Å². The van der Waals surface area contributed by atoms with E-state index in [4.69, 9.17) is 9.47 Å². The fourth-order valence-corrected chi connectivity index (χ4v) is 3.63. The molecule has 1 amide bonds. The van der Waals surface area contributed by atoms with Crippen LogP contribution >= 0.6 is 0 Å². The molecule has 0 atom stereocenters. The second-order valence-electron chi connectivity index (χ2n) is 7.38. The van der Waals surface area contributed by atoms with Gasteiger partial charge in [0, 0.05) is 42.9 Å². The normalized spacial score (nSPS) is 18.1. The Morgan fingerprint density at radius 1 is 1.07 bits per heavy atom. The highest BCUT2D eigenvalue weighted by atomic mass is 16.7. The van der Waals surface area contributed by atoms with Crippen LogP contribution in [0.5, 0.6) is 0 Å². The quantitative estimate of drug-likeness (QED) is 0.794. The number of rotatable bonds is 4. The molecular weight excluding hydrogens is 372 g/mol. The molecule has 0 aliphatic carbocycles. The maximum atomic E-state index is 12.7. The van der Waals surface area contributed by atoms with E-state index in [1.807, 2.05) is 6.92 Å². The fraction of sp³-hybridized carbons (Fsp3) is 0.429. The first kappa shape index (κ1) is 19.5. The Balaban J connectivity index is 1.46. The monoisotopic (exact) mass is 396 g/mol. The molecule has 0 bridgehead atoms. The van der Waals surface area contributed by atoms with Crippen molar-refractivity contribution in [3.8, 4) is 0 Å². The van der Waals surface area contributed by atoms with E-state index in [-0.39, 0.29) is 11.7 Å². The zero-order valence-electron chi connectivity index (χ0n) is 16.6. The lowest BCUT2D eigenvalue weighted by atomic mass is 10.0. The summed E-state index contributed by atoms with van der Waals surface area (Å²) in [6.45, 7) is 6.04. The lowest BCUT2D eigenvalue weighted by molar-refractivity contribution is -0.169. The summed E-state index contributed by atoms with van der Waals surface area (Å²) in [6.07, 6.45) is 1.49. The van der Waals surface area contributed by atoms with Crippen molar-refractivity contribution in [1.29, 1.82) is 0 Å². The van der Waals surface area contributed by atoms with E-state index in [1.54, 1.807) is 30.3 Å². The molecule has 1 N–H and O–H groups in total.